The molecule has 0 aromatic heterocycles. The molecule has 2 atom stereocenters. The Labute approximate surface area is 113 Å². The first-order valence-corrected chi connectivity index (χ1v) is 7.08. The van der Waals surface area contributed by atoms with Crippen molar-refractivity contribution in [1.29, 1.82) is 0 Å². The zero-order valence-corrected chi connectivity index (χ0v) is 11.0. The van der Waals surface area contributed by atoms with Gasteiger partial charge in [0.1, 0.15) is 18.5 Å². The number of carbonyl (C=O) groups is 1. The number of hydrogen-bond acceptors (Lipinski definition) is 5. The van der Waals surface area contributed by atoms with E-state index in [-0.39, 0.29) is 13.0 Å². The smallest absolute Gasteiger partial charge is 0.319 e. The largest absolute Gasteiger partial charge is 0.486 e. The summed E-state index contributed by atoms with van der Waals surface area (Å²) in [5.74, 6) is -0.0367. The van der Waals surface area contributed by atoms with E-state index in [1.54, 1.807) is 18.2 Å². The molecule has 2 unspecified atom stereocenters. The van der Waals surface area contributed by atoms with Gasteiger partial charge in [0.15, 0.2) is 11.5 Å². The van der Waals surface area contributed by atoms with Crippen LogP contribution < -0.4 is 15.2 Å². The summed E-state index contributed by atoms with van der Waals surface area (Å²) in [7, 11) is -1.66. The van der Waals surface area contributed by atoms with Crippen molar-refractivity contribution in [2.45, 2.75) is 16.6 Å². The number of carboxylic acid groups (broad SMARTS) is 1. The van der Waals surface area contributed by atoms with Crippen molar-refractivity contribution in [3.05, 3.63) is 18.2 Å². The van der Waals surface area contributed by atoms with Crippen molar-refractivity contribution in [3.63, 3.8) is 0 Å². The van der Waals surface area contributed by atoms with Crippen LogP contribution in [0.4, 0.5) is 0 Å². The van der Waals surface area contributed by atoms with E-state index in [0.29, 0.717) is 29.6 Å². The third kappa shape index (κ3) is 3.05. The third-order valence-corrected chi connectivity index (χ3v) is 4.38. The molecule has 0 bridgehead atoms. The van der Waals surface area contributed by atoms with Gasteiger partial charge in [0, 0.05) is 11.0 Å². The fraction of sp³-hybridized carbons (Fsp3) is 0.417. The average molecular weight is 285 g/mol. The number of benzene rings is 1. The monoisotopic (exact) mass is 285 g/mol. The Morgan fingerprint density at radius 2 is 2.05 bits per heavy atom. The second-order valence-electron chi connectivity index (χ2n) is 4.01. The molecular formula is C12H15NO5S. The van der Waals surface area contributed by atoms with Crippen molar-refractivity contribution in [2.24, 2.45) is 5.73 Å². The highest BCUT2D eigenvalue weighted by molar-refractivity contribution is 7.86. The Kier molecular flexibility index (Phi) is 4.39. The normalized spacial score (nSPS) is 16.7. The van der Waals surface area contributed by atoms with E-state index in [1.807, 2.05) is 0 Å². The van der Waals surface area contributed by atoms with E-state index >= 15 is 0 Å². The van der Waals surface area contributed by atoms with Crippen LogP contribution in [-0.4, -0.2) is 40.3 Å². The van der Waals surface area contributed by atoms with Crippen molar-refractivity contribution in [2.75, 3.05) is 19.8 Å². The number of ether oxygens (including phenoxy) is 2. The second-order valence-corrected chi connectivity index (χ2v) is 5.64. The first kappa shape index (κ1) is 13.8. The van der Waals surface area contributed by atoms with Gasteiger partial charge >= 0.3 is 5.97 Å². The van der Waals surface area contributed by atoms with E-state index in [0.717, 1.165) is 0 Å². The topological polar surface area (TPSA) is 98.9 Å². The number of fused-ring (bicyclic) bond motifs is 1. The van der Waals surface area contributed by atoms with E-state index in [9.17, 15) is 9.00 Å². The molecule has 0 aliphatic carbocycles. The predicted octanol–water partition coefficient (Wildman–Crippen LogP) is 0.367. The summed E-state index contributed by atoms with van der Waals surface area (Å²) in [6, 6.07) is 4.80. The van der Waals surface area contributed by atoms with Crippen molar-refractivity contribution >= 4 is 16.8 Å². The van der Waals surface area contributed by atoms with Crippen LogP contribution in [0.15, 0.2) is 23.1 Å². The summed E-state index contributed by atoms with van der Waals surface area (Å²) >= 11 is 0. The van der Waals surface area contributed by atoms with Crippen molar-refractivity contribution in [1.82, 2.24) is 0 Å². The number of carboxylic acids is 1. The van der Waals surface area contributed by atoms with Crippen LogP contribution in [0.1, 0.15) is 6.42 Å². The Balaban J connectivity index is 2.25. The molecule has 6 nitrogen and oxygen atoms in total. The predicted molar refractivity (Wildman–Crippen MR) is 68.9 cm³/mol. The lowest BCUT2D eigenvalue weighted by Gasteiger charge is -2.19. The molecule has 19 heavy (non-hydrogen) atoms. The Morgan fingerprint density at radius 3 is 2.68 bits per heavy atom. The van der Waals surface area contributed by atoms with Crippen LogP contribution in [0.3, 0.4) is 0 Å². The minimum atomic E-state index is -1.66. The Morgan fingerprint density at radius 1 is 1.37 bits per heavy atom. The number of nitrogens with two attached hydrogens (primary N) is 1. The van der Waals surface area contributed by atoms with Crippen molar-refractivity contribution < 1.29 is 23.6 Å². The van der Waals surface area contributed by atoms with Gasteiger partial charge < -0.3 is 20.3 Å². The van der Waals surface area contributed by atoms with Crippen LogP contribution in [0, 0.1) is 0 Å². The summed E-state index contributed by atoms with van der Waals surface area (Å²) in [6.07, 6.45) is 0.163. The van der Waals surface area contributed by atoms with Crippen LogP contribution >= 0.6 is 0 Å². The maximum atomic E-state index is 12.2. The Bertz CT molecular complexity index is 505. The van der Waals surface area contributed by atoms with Crippen molar-refractivity contribution in [3.8, 4) is 11.5 Å². The molecule has 3 N–H and O–H groups in total. The van der Waals surface area contributed by atoms with E-state index in [1.165, 1.54) is 0 Å². The number of hydrogen-bond donors (Lipinski definition) is 2. The first-order chi connectivity index (χ1) is 9.13. The third-order valence-electron chi connectivity index (χ3n) is 2.71. The Hall–Kier alpha value is -1.60. The maximum absolute atomic E-state index is 12.2. The molecule has 0 amide bonds. The standard InChI is InChI=1S/C12H15NO5S/c13-4-3-11(12(14)15)19(16)8-1-2-9-10(7-8)18-6-5-17-9/h1-2,7,11H,3-6,13H2,(H,14,15). The van der Waals surface area contributed by atoms with Gasteiger partial charge in [0.2, 0.25) is 0 Å². The van der Waals surface area contributed by atoms with Crippen LogP contribution in [0.5, 0.6) is 11.5 Å². The SMILES string of the molecule is NCCC(C(=O)O)S(=O)c1ccc2c(c1)OCCO2. The minimum Gasteiger partial charge on any atom is -0.486 e. The zero-order valence-electron chi connectivity index (χ0n) is 10.2. The number of aliphatic carboxylic acids is 1. The molecule has 7 heteroatoms. The molecule has 0 saturated heterocycles. The van der Waals surface area contributed by atoms with E-state index in [4.69, 9.17) is 20.3 Å². The van der Waals surface area contributed by atoms with Crippen LogP contribution in [0.2, 0.25) is 0 Å². The quantitative estimate of drug-likeness (QED) is 0.811. The second kappa shape index (κ2) is 6.03. The summed E-state index contributed by atoms with van der Waals surface area (Å²) in [6.45, 7) is 1.07. The van der Waals surface area contributed by atoms with Gasteiger partial charge in [-0.25, -0.2) is 0 Å². The van der Waals surface area contributed by atoms with Gasteiger partial charge in [-0.15, -0.1) is 0 Å². The van der Waals surface area contributed by atoms with Gasteiger partial charge in [-0.1, -0.05) is 0 Å². The van der Waals surface area contributed by atoms with E-state index < -0.39 is 22.0 Å². The fourth-order valence-corrected chi connectivity index (χ4v) is 3.07. The first-order valence-electron chi connectivity index (χ1n) is 5.86. The highest BCUT2D eigenvalue weighted by Gasteiger charge is 2.26. The summed E-state index contributed by atoms with van der Waals surface area (Å²) < 4.78 is 23.0. The lowest BCUT2D eigenvalue weighted by atomic mass is 10.3. The molecule has 0 fully saturated rings. The average Bonchev–Trinajstić information content (AvgIpc) is 2.43. The molecule has 2 rings (SSSR count). The lowest BCUT2D eigenvalue weighted by Crippen LogP contribution is -2.28. The van der Waals surface area contributed by atoms with Gasteiger partial charge in [-0.3, -0.25) is 9.00 Å². The highest BCUT2D eigenvalue weighted by atomic mass is 32.2. The molecule has 1 aromatic carbocycles. The molecular weight excluding hydrogens is 270 g/mol. The molecule has 0 saturated carbocycles. The molecule has 1 aliphatic heterocycles. The zero-order chi connectivity index (χ0) is 13.8. The molecule has 1 heterocycles. The van der Waals surface area contributed by atoms with Crippen LogP contribution in [-0.2, 0) is 15.6 Å². The van der Waals surface area contributed by atoms with Gasteiger partial charge in [-0.05, 0) is 25.1 Å². The number of rotatable bonds is 5. The molecule has 1 aromatic rings. The summed E-state index contributed by atoms with van der Waals surface area (Å²) in [4.78, 5) is 11.5. The maximum Gasteiger partial charge on any atom is 0.319 e. The molecule has 1 aliphatic rings. The molecule has 104 valence electrons. The molecule has 0 radical (unpaired) electrons. The highest BCUT2D eigenvalue weighted by Crippen LogP contribution is 2.32. The van der Waals surface area contributed by atoms with Gasteiger partial charge in [0.25, 0.3) is 0 Å². The lowest BCUT2D eigenvalue weighted by molar-refractivity contribution is -0.136. The van der Waals surface area contributed by atoms with Crippen LogP contribution in [0.25, 0.3) is 0 Å². The molecule has 0 spiro atoms. The summed E-state index contributed by atoms with van der Waals surface area (Å²) in [5.41, 5.74) is 5.35. The summed E-state index contributed by atoms with van der Waals surface area (Å²) in [5, 5.41) is 8.06. The fourth-order valence-electron chi connectivity index (χ4n) is 1.79. The van der Waals surface area contributed by atoms with Gasteiger partial charge in [-0.2, -0.15) is 0 Å². The van der Waals surface area contributed by atoms with Gasteiger partial charge in [0.05, 0.1) is 10.8 Å². The minimum absolute atomic E-state index is 0.163. The van der Waals surface area contributed by atoms with E-state index in [2.05, 4.69) is 0 Å².